The zero-order chi connectivity index (χ0) is 11.5. The average Bonchev–Trinajstić information content (AvgIpc) is 2.79. The lowest BCUT2D eigenvalue weighted by Gasteiger charge is -2.26. The molecule has 0 aromatic rings. The molecule has 0 spiro atoms. The molecular weight excluding hydrogens is 200 g/mol. The first-order valence-electron chi connectivity index (χ1n) is 6.75. The molecule has 2 atom stereocenters. The molecule has 2 rings (SSSR count). The van der Waals surface area contributed by atoms with Gasteiger partial charge in [0.15, 0.2) is 0 Å². The molecular formula is C13H26N2O. The minimum Gasteiger partial charge on any atom is -0.393 e. The second kappa shape index (κ2) is 5.48. The van der Waals surface area contributed by atoms with Gasteiger partial charge in [0.2, 0.25) is 0 Å². The van der Waals surface area contributed by atoms with Crippen LogP contribution in [0.4, 0.5) is 0 Å². The second-order valence-electron chi connectivity index (χ2n) is 5.68. The molecule has 2 saturated heterocycles. The van der Waals surface area contributed by atoms with E-state index in [9.17, 15) is 5.11 Å². The molecule has 0 aromatic carbocycles. The molecule has 3 nitrogen and oxygen atoms in total. The van der Waals surface area contributed by atoms with E-state index in [1.165, 1.54) is 38.8 Å². The first-order chi connectivity index (χ1) is 7.66. The van der Waals surface area contributed by atoms with E-state index in [1.54, 1.807) is 0 Å². The monoisotopic (exact) mass is 226 g/mol. The summed E-state index contributed by atoms with van der Waals surface area (Å²) >= 11 is 0. The number of aliphatic hydroxyl groups is 1. The van der Waals surface area contributed by atoms with Crippen molar-refractivity contribution in [1.29, 1.82) is 0 Å². The van der Waals surface area contributed by atoms with Crippen LogP contribution in [-0.2, 0) is 0 Å². The highest BCUT2D eigenvalue weighted by atomic mass is 16.3. The van der Waals surface area contributed by atoms with Crippen LogP contribution in [0.5, 0.6) is 0 Å². The Balaban J connectivity index is 1.73. The molecule has 2 unspecified atom stereocenters. The summed E-state index contributed by atoms with van der Waals surface area (Å²) in [6.07, 6.45) is 6.99. The van der Waals surface area contributed by atoms with Crippen LogP contribution in [0.2, 0.25) is 0 Å². The molecule has 2 fully saturated rings. The van der Waals surface area contributed by atoms with Crippen LogP contribution in [0.3, 0.4) is 0 Å². The number of aliphatic hydroxyl groups excluding tert-OH is 1. The van der Waals surface area contributed by atoms with E-state index < -0.39 is 0 Å². The van der Waals surface area contributed by atoms with Gasteiger partial charge in [0.1, 0.15) is 0 Å². The number of nitrogens with zero attached hydrogens (tertiary/aromatic N) is 2. The van der Waals surface area contributed by atoms with E-state index in [1.807, 2.05) is 0 Å². The maximum Gasteiger partial charge on any atom is 0.0570 e. The largest absolute Gasteiger partial charge is 0.393 e. The highest BCUT2D eigenvalue weighted by molar-refractivity contribution is 4.83. The van der Waals surface area contributed by atoms with E-state index in [2.05, 4.69) is 23.9 Å². The van der Waals surface area contributed by atoms with E-state index in [0.29, 0.717) is 12.1 Å². The standard InChI is InChI=1S/C13H26N2O/c1-14-7-3-5-11(14)9-13(16)10-12-6-4-8-15(12)2/h11-13,16H,3-10H2,1-2H3. The molecule has 3 heteroatoms. The molecule has 94 valence electrons. The maximum absolute atomic E-state index is 10.2. The Bertz CT molecular complexity index is 200. The van der Waals surface area contributed by atoms with Gasteiger partial charge >= 0.3 is 0 Å². The first kappa shape index (κ1) is 12.3. The van der Waals surface area contributed by atoms with Crippen LogP contribution in [-0.4, -0.2) is 60.3 Å². The van der Waals surface area contributed by atoms with Crippen LogP contribution in [0.15, 0.2) is 0 Å². The fourth-order valence-electron chi connectivity index (χ4n) is 3.28. The zero-order valence-corrected chi connectivity index (χ0v) is 10.7. The van der Waals surface area contributed by atoms with E-state index in [-0.39, 0.29) is 6.10 Å². The number of rotatable bonds is 4. The van der Waals surface area contributed by atoms with Gasteiger partial charge in [-0.15, -0.1) is 0 Å². The predicted octanol–water partition coefficient (Wildman–Crippen LogP) is 1.32. The van der Waals surface area contributed by atoms with Crippen molar-refractivity contribution >= 4 is 0 Å². The number of hydrogen-bond acceptors (Lipinski definition) is 3. The Morgan fingerprint density at radius 2 is 1.44 bits per heavy atom. The summed E-state index contributed by atoms with van der Waals surface area (Å²) in [5.74, 6) is 0. The van der Waals surface area contributed by atoms with Gasteiger partial charge in [-0.25, -0.2) is 0 Å². The zero-order valence-electron chi connectivity index (χ0n) is 10.7. The van der Waals surface area contributed by atoms with Crippen molar-refractivity contribution in [2.45, 2.75) is 56.7 Å². The summed E-state index contributed by atoms with van der Waals surface area (Å²) in [7, 11) is 4.37. The fourth-order valence-corrected chi connectivity index (χ4v) is 3.28. The lowest BCUT2D eigenvalue weighted by molar-refractivity contribution is 0.0961. The number of likely N-dealkylation sites (tertiary alicyclic amines) is 2. The molecule has 2 heterocycles. The Morgan fingerprint density at radius 1 is 1.00 bits per heavy atom. The first-order valence-corrected chi connectivity index (χ1v) is 6.75. The molecule has 0 saturated carbocycles. The quantitative estimate of drug-likeness (QED) is 0.783. The average molecular weight is 226 g/mol. The van der Waals surface area contributed by atoms with Gasteiger partial charge in [-0.1, -0.05) is 0 Å². The molecule has 1 N–H and O–H groups in total. The molecule has 0 aromatic heterocycles. The summed E-state index contributed by atoms with van der Waals surface area (Å²) in [5, 5.41) is 10.2. The van der Waals surface area contributed by atoms with Crippen LogP contribution in [0, 0.1) is 0 Å². The topological polar surface area (TPSA) is 26.7 Å². The van der Waals surface area contributed by atoms with E-state index >= 15 is 0 Å². The van der Waals surface area contributed by atoms with Gasteiger partial charge in [-0.2, -0.15) is 0 Å². The van der Waals surface area contributed by atoms with Crippen molar-refractivity contribution in [2.75, 3.05) is 27.2 Å². The van der Waals surface area contributed by atoms with Crippen molar-refractivity contribution in [1.82, 2.24) is 9.80 Å². The summed E-state index contributed by atoms with van der Waals surface area (Å²) in [6.45, 7) is 2.42. The van der Waals surface area contributed by atoms with Gasteiger partial charge in [0.25, 0.3) is 0 Å². The summed E-state index contributed by atoms with van der Waals surface area (Å²) in [4.78, 5) is 4.81. The molecule has 2 aliphatic rings. The lowest BCUT2D eigenvalue weighted by atomic mass is 10.00. The summed E-state index contributed by atoms with van der Waals surface area (Å²) in [5.41, 5.74) is 0. The Morgan fingerprint density at radius 3 is 1.75 bits per heavy atom. The van der Waals surface area contributed by atoms with E-state index in [4.69, 9.17) is 0 Å². The molecule has 16 heavy (non-hydrogen) atoms. The van der Waals surface area contributed by atoms with Crippen molar-refractivity contribution in [2.24, 2.45) is 0 Å². The minimum absolute atomic E-state index is 0.101. The third-order valence-corrected chi connectivity index (χ3v) is 4.43. The molecule has 0 radical (unpaired) electrons. The Labute approximate surface area is 99.4 Å². The fraction of sp³-hybridized carbons (Fsp3) is 1.00. The minimum atomic E-state index is -0.101. The normalized spacial score (nSPS) is 34.7. The van der Waals surface area contributed by atoms with Crippen molar-refractivity contribution in [3.8, 4) is 0 Å². The highest BCUT2D eigenvalue weighted by Crippen LogP contribution is 2.24. The Hall–Kier alpha value is -0.120. The van der Waals surface area contributed by atoms with Gasteiger partial charge < -0.3 is 14.9 Å². The maximum atomic E-state index is 10.2. The van der Waals surface area contributed by atoms with Crippen LogP contribution in [0.1, 0.15) is 38.5 Å². The smallest absolute Gasteiger partial charge is 0.0570 e. The van der Waals surface area contributed by atoms with Crippen molar-refractivity contribution in [3.63, 3.8) is 0 Å². The SMILES string of the molecule is CN1CCCC1CC(O)CC1CCCN1C. The third kappa shape index (κ3) is 2.96. The summed E-state index contributed by atoms with van der Waals surface area (Å²) in [6, 6.07) is 1.25. The third-order valence-electron chi connectivity index (χ3n) is 4.43. The van der Waals surface area contributed by atoms with Gasteiger partial charge in [-0.3, -0.25) is 0 Å². The predicted molar refractivity (Wildman–Crippen MR) is 66.5 cm³/mol. The van der Waals surface area contributed by atoms with Gasteiger partial charge in [0, 0.05) is 12.1 Å². The van der Waals surface area contributed by atoms with Crippen molar-refractivity contribution in [3.05, 3.63) is 0 Å². The van der Waals surface area contributed by atoms with Gasteiger partial charge in [0.05, 0.1) is 6.10 Å². The molecule has 2 aliphatic heterocycles. The van der Waals surface area contributed by atoms with Crippen LogP contribution >= 0.6 is 0 Å². The van der Waals surface area contributed by atoms with Gasteiger partial charge in [-0.05, 0) is 65.7 Å². The van der Waals surface area contributed by atoms with Crippen LogP contribution < -0.4 is 0 Å². The second-order valence-corrected chi connectivity index (χ2v) is 5.68. The lowest BCUT2D eigenvalue weighted by Crippen LogP contribution is -2.33. The van der Waals surface area contributed by atoms with E-state index in [0.717, 1.165) is 12.8 Å². The molecule has 0 bridgehead atoms. The van der Waals surface area contributed by atoms with Crippen molar-refractivity contribution < 1.29 is 5.11 Å². The Kier molecular flexibility index (Phi) is 4.22. The highest BCUT2D eigenvalue weighted by Gasteiger charge is 2.27. The number of hydrogen-bond donors (Lipinski definition) is 1. The molecule has 0 aliphatic carbocycles. The van der Waals surface area contributed by atoms with Crippen LogP contribution in [0.25, 0.3) is 0 Å². The summed E-state index contributed by atoms with van der Waals surface area (Å²) < 4.78 is 0. The molecule has 0 amide bonds.